The van der Waals surface area contributed by atoms with E-state index < -0.39 is 0 Å². The fourth-order valence-electron chi connectivity index (χ4n) is 2.56. The second kappa shape index (κ2) is 5.65. The molecular formula is C13H22N4O. The summed E-state index contributed by atoms with van der Waals surface area (Å²) in [5.41, 5.74) is 6.65. The lowest BCUT2D eigenvalue weighted by atomic mass is 10.2. The lowest BCUT2D eigenvalue weighted by Crippen LogP contribution is -2.37. The maximum absolute atomic E-state index is 9.81. The summed E-state index contributed by atoms with van der Waals surface area (Å²) < 4.78 is 0. The molecule has 0 bridgehead atoms. The standard InChI is InChI=1S/C13H22N4O/c1-16(2)8-11-6-12(18)9-17(11)7-10-4-3-5-13(14)15-10/h3-5,11-12,18H,6-9H2,1-2H3,(H2,14,15). The van der Waals surface area contributed by atoms with Crippen molar-refractivity contribution < 1.29 is 5.11 Å². The third-order valence-electron chi connectivity index (χ3n) is 3.28. The van der Waals surface area contributed by atoms with Crippen LogP contribution in [0.1, 0.15) is 12.1 Å². The van der Waals surface area contributed by atoms with Crippen LogP contribution in [0.25, 0.3) is 0 Å². The molecule has 3 N–H and O–H groups in total. The summed E-state index contributed by atoms with van der Waals surface area (Å²) in [5, 5.41) is 9.81. The van der Waals surface area contributed by atoms with Gasteiger partial charge in [0.1, 0.15) is 5.82 Å². The molecule has 0 radical (unpaired) electrons. The Kier molecular flexibility index (Phi) is 4.16. The molecule has 1 aliphatic heterocycles. The number of hydrogen-bond acceptors (Lipinski definition) is 5. The maximum Gasteiger partial charge on any atom is 0.123 e. The van der Waals surface area contributed by atoms with Crippen LogP contribution in [0.3, 0.4) is 0 Å². The molecule has 2 unspecified atom stereocenters. The molecule has 1 saturated heterocycles. The number of hydrogen-bond donors (Lipinski definition) is 2. The molecule has 5 heteroatoms. The molecule has 100 valence electrons. The minimum absolute atomic E-state index is 0.226. The van der Waals surface area contributed by atoms with Crippen molar-refractivity contribution in [1.29, 1.82) is 0 Å². The van der Waals surface area contributed by atoms with Crippen molar-refractivity contribution in [3.8, 4) is 0 Å². The van der Waals surface area contributed by atoms with Gasteiger partial charge in [-0.05, 0) is 32.6 Å². The van der Waals surface area contributed by atoms with Crippen LogP contribution in [-0.4, -0.2) is 59.2 Å². The van der Waals surface area contributed by atoms with Gasteiger partial charge in [-0.1, -0.05) is 6.07 Å². The average molecular weight is 250 g/mol. The average Bonchev–Trinajstić information content (AvgIpc) is 2.58. The zero-order valence-corrected chi connectivity index (χ0v) is 11.1. The first-order valence-electron chi connectivity index (χ1n) is 6.33. The Morgan fingerprint density at radius 2 is 2.28 bits per heavy atom. The van der Waals surface area contributed by atoms with E-state index in [-0.39, 0.29) is 6.10 Å². The summed E-state index contributed by atoms with van der Waals surface area (Å²) >= 11 is 0. The molecule has 0 aliphatic carbocycles. The SMILES string of the molecule is CN(C)CC1CC(O)CN1Cc1cccc(N)n1. The van der Waals surface area contributed by atoms with Crippen molar-refractivity contribution in [2.75, 3.05) is 32.9 Å². The van der Waals surface area contributed by atoms with Crippen molar-refractivity contribution in [2.45, 2.75) is 25.1 Å². The van der Waals surface area contributed by atoms with E-state index in [0.717, 1.165) is 31.7 Å². The van der Waals surface area contributed by atoms with Crippen molar-refractivity contribution >= 4 is 5.82 Å². The van der Waals surface area contributed by atoms with Crippen LogP contribution in [0.4, 0.5) is 5.82 Å². The number of aliphatic hydroxyl groups is 1. The largest absolute Gasteiger partial charge is 0.392 e. The lowest BCUT2D eigenvalue weighted by molar-refractivity contribution is 0.168. The van der Waals surface area contributed by atoms with Gasteiger partial charge in [0, 0.05) is 25.7 Å². The number of likely N-dealkylation sites (N-methyl/N-ethyl adjacent to an activating group) is 1. The van der Waals surface area contributed by atoms with Crippen LogP contribution in [0.15, 0.2) is 18.2 Å². The predicted octanol–water partition coefficient (Wildman–Crippen LogP) is 0.161. The summed E-state index contributed by atoms with van der Waals surface area (Å²) in [4.78, 5) is 8.76. The Balaban J connectivity index is 2.02. The van der Waals surface area contributed by atoms with E-state index in [1.54, 1.807) is 6.07 Å². The molecule has 2 heterocycles. The minimum Gasteiger partial charge on any atom is -0.392 e. The van der Waals surface area contributed by atoms with Crippen LogP contribution in [0.5, 0.6) is 0 Å². The van der Waals surface area contributed by atoms with Gasteiger partial charge in [0.05, 0.1) is 11.8 Å². The number of nitrogen functional groups attached to an aromatic ring is 1. The summed E-state index contributed by atoms with van der Waals surface area (Å²) in [6.07, 6.45) is 0.608. The first kappa shape index (κ1) is 13.3. The first-order chi connectivity index (χ1) is 8.54. The van der Waals surface area contributed by atoms with Crippen LogP contribution in [-0.2, 0) is 6.54 Å². The zero-order chi connectivity index (χ0) is 13.1. The number of β-amino-alcohol motifs (C(OH)–C–C–N with tert-alkyl or cyclic N) is 1. The number of rotatable bonds is 4. The molecule has 0 amide bonds. The third kappa shape index (κ3) is 3.41. The Morgan fingerprint density at radius 1 is 1.50 bits per heavy atom. The molecule has 0 saturated carbocycles. The van der Waals surface area contributed by atoms with E-state index >= 15 is 0 Å². The van der Waals surface area contributed by atoms with Gasteiger partial charge < -0.3 is 15.7 Å². The van der Waals surface area contributed by atoms with Crippen LogP contribution >= 0.6 is 0 Å². The van der Waals surface area contributed by atoms with Gasteiger partial charge in [0.15, 0.2) is 0 Å². The van der Waals surface area contributed by atoms with Gasteiger partial charge in [-0.25, -0.2) is 4.98 Å². The third-order valence-corrected chi connectivity index (χ3v) is 3.28. The van der Waals surface area contributed by atoms with Gasteiger partial charge in [0.2, 0.25) is 0 Å². The van der Waals surface area contributed by atoms with Crippen molar-refractivity contribution in [1.82, 2.24) is 14.8 Å². The molecule has 2 rings (SSSR count). The fourth-order valence-corrected chi connectivity index (χ4v) is 2.56. The van der Waals surface area contributed by atoms with Crippen molar-refractivity contribution in [3.63, 3.8) is 0 Å². The highest BCUT2D eigenvalue weighted by atomic mass is 16.3. The van der Waals surface area contributed by atoms with Crippen LogP contribution in [0, 0.1) is 0 Å². The van der Waals surface area contributed by atoms with E-state index in [2.05, 4.69) is 28.9 Å². The maximum atomic E-state index is 9.81. The lowest BCUT2D eigenvalue weighted by Gasteiger charge is -2.26. The smallest absolute Gasteiger partial charge is 0.123 e. The number of anilines is 1. The Labute approximate surface area is 108 Å². The molecule has 18 heavy (non-hydrogen) atoms. The van der Waals surface area contributed by atoms with Gasteiger partial charge >= 0.3 is 0 Å². The number of likely N-dealkylation sites (tertiary alicyclic amines) is 1. The highest BCUT2D eigenvalue weighted by molar-refractivity contribution is 5.28. The fraction of sp³-hybridized carbons (Fsp3) is 0.615. The summed E-state index contributed by atoms with van der Waals surface area (Å²) in [6.45, 7) is 2.43. The van der Waals surface area contributed by atoms with Gasteiger partial charge in [-0.3, -0.25) is 4.90 Å². The number of aromatic nitrogens is 1. The van der Waals surface area contributed by atoms with Crippen molar-refractivity contribution in [2.24, 2.45) is 0 Å². The van der Waals surface area contributed by atoms with Crippen LogP contribution < -0.4 is 5.73 Å². The topological polar surface area (TPSA) is 65.6 Å². The first-order valence-corrected chi connectivity index (χ1v) is 6.33. The number of aliphatic hydroxyl groups excluding tert-OH is 1. The highest BCUT2D eigenvalue weighted by Gasteiger charge is 2.31. The molecule has 1 aliphatic rings. The monoisotopic (exact) mass is 250 g/mol. The van der Waals surface area contributed by atoms with E-state index in [1.807, 2.05) is 12.1 Å². The highest BCUT2D eigenvalue weighted by Crippen LogP contribution is 2.20. The molecule has 1 aromatic rings. The Hall–Kier alpha value is -1.17. The predicted molar refractivity (Wildman–Crippen MR) is 72.0 cm³/mol. The van der Waals surface area contributed by atoms with E-state index in [0.29, 0.717) is 11.9 Å². The number of nitrogens with two attached hydrogens (primary N) is 1. The van der Waals surface area contributed by atoms with Gasteiger partial charge in [0.25, 0.3) is 0 Å². The second-order valence-corrected chi connectivity index (χ2v) is 5.29. The molecule has 1 fully saturated rings. The summed E-state index contributed by atoms with van der Waals surface area (Å²) in [5.74, 6) is 0.552. The Bertz CT molecular complexity index is 396. The molecule has 0 spiro atoms. The van der Waals surface area contributed by atoms with Gasteiger partial charge in [-0.2, -0.15) is 0 Å². The molecule has 1 aromatic heterocycles. The van der Waals surface area contributed by atoms with E-state index in [1.165, 1.54) is 0 Å². The molecule has 2 atom stereocenters. The quantitative estimate of drug-likeness (QED) is 0.797. The minimum atomic E-state index is -0.226. The Morgan fingerprint density at radius 3 is 2.94 bits per heavy atom. The van der Waals surface area contributed by atoms with Crippen LogP contribution in [0.2, 0.25) is 0 Å². The van der Waals surface area contributed by atoms with Crippen molar-refractivity contribution in [3.05, 3.63) is 23.9 Å². The summed E-state index contributed by atoms with van der Waals surface area (Å²) in [7, 11) is 4.11. The van der Waals surface area contributed by atoms with E-state index in [9.17, 15) is 5.11 Å². The molecular weight excluding hydrogens is 228 g/mol. The second-order valence-electron chi connectivity index (χ2n) is 5.29. The van der Waals surface area contributed by atoms with Gasteiger partial charge in [-0.15, -0.1) is 0 Å². The summed E-state index contributed by atoms with van der Waals surface area (Å²) in [6, 6.07) is 6.08. The van der Waals surface area contributed by atoms with E-state index in [4.69, 9.17) is 5.73 Å². The number of pyridine rings is 1. The zero-order valence-electron chi connectivity index (χ0n) is 11.1. The molecule has 0 aromatic carbocycles. The normalized spacial score (nSPS) is 24.9. The molecule has 5 nitrogen and oxygen atoms in total. The number of nitrogens with zero attached hydrogens (tertiary/aromatic N) is 3.